The summed E-state index contributed by atoms with van der Waals surface area (Å²) in [6.45, 7) is 1.57. The molecule has 2 heteroatoms. The zero-order chi connectivity index (χ0) is 2.71. The van der Waals surface area contributed by atoms with Crippen LogP contribution in [0.4, 0.5) is 0 Å². The predicted octanol–water partition coefficient (Wildman–Crippen LogP) is 0.434. The maximum absolute atomic E-state index is 8.93. The first-order valence-electron chi connectivity index (χ1n) is 0.996. The van der Waals surface area contributed by atoms with Gasteiger partial charge < -0.3 is 0 Å². The summed E-state index contributed by atoms with van der Waals surface area (Å²) in [6, 6.07) is 0. The average Bonchev–Trinajstić information content (AvgIpc) is 0.918. The van der Waals surface area contributed by atoms with E-state index < -0.39 is 0 Å². The maximum atomic E-state index is 8.93. The van der Waals surface area contributed by atoms with Gasteiger partial charge in [-0.3, -0.25) is 0 Å². The summed E-state index contributed by atoms with van der Waals surface area (Å²) in [6.07, 6.45) is 0. The van der Waals surface area contributed by atoms with Gasteiger partial charge in [0.15, 0.2) is 0 Å². The smallest absolute Gasteiger partial charge is 0.0794 e. The molecule has 0 rings (SSSR count). The van der Waals surface area contributed by atoms with Crippen LogP contribution in [0.25, 0.3) is 0 Å². The van der Waals surface area contributed by atoms with Crippen molar-refractivity contribution in [3.05, 3.63) is 0 Å². The van der Waals surface area contributed by atoms with E-state index >= 15 is 0 Å². The van der Waals surface area contributed by atoms with Crippen LogP contribution in [0.5, 0.6) is 0 Å². The molecule has 0 aliphatic rings. The van der Waals surface area contributed by atoms with Crippen molar-refractivity contribution in [1.29, 1.82) is 0 Å². The molecule has 0 aliphatic carbocycles. The van der Waals surface area contributed by atoms with Crippen LogP contribution in [-0.2, 0) is 31.3 Å². The monoisotopic (exact) mass is 135 g/mol. The molecule has 1 radical (unpaired) electrons. The van der Waals surface area contributed by atoms with E-state index in [-0.39, 0.29) is 32.8 Å². The topological polar surface area (TPSA) is 19.9 Å². The van der Waals surface area contributed by atoms with E-state index in [1.54, 1.807) is 6.92 Å². The maximum Gasteiger partial charge on any atom is 0.0794 e. The Kier molecular flexibility index (Phi) is 20.2. The van der Waals surface area contributed by atoms with Gasteiger partial charge in [0.2, 0.25) is 0 Å². The first kappa shape index (κ1) is 8.85. The minimum absolute atomic E-state index is 0. The third kappa shape index (κ3) is 13.6. The van der Waals surface area contributed by atoms with Gasteiger partial charge in [0.1, 0.15) is 0 Å². The third-order valence-electron chi connectivity index (χ3n) is 0. The normalized spacial score (nSPS) is 4.50. The third-order valence-corrected chi connectivity index (χ3v) is 0. The quantitative estimate of drug-likeness (QED) is 0.460. The molecule has 0 amide bonds. The molecule has 0 saturated carbocycles. The number of hydrogen-bond donors (Lipinski definition) is 0. The van der Waals surface area contributed by atoms with Gasteiger partial charge in [-0.25, -0.2) is 5.11 Å². The van der Waals surface area contributed by atoms with E-state index in [1.165, 1.54) is 0 Å². The van der Waals surface area contributed by atoms with Gasteiger partial charge in [0, 0.05) is 26.2 Å². The summed E-state index contributed by atoms with van der Waals surface area (Å²) in [5.41, 5.74) is 0. The SMILES string of the molecule is CC[O].[Zr]. The van der Waals surface area contributed by atoms with Gasteiger partial charge in [-0.2, -0.15) is 0 Å². The van der Waals surface area contributed by atoms with Crippen LogP contribution in [-0.4, -0.2) is 6.61 Å². The second kappa shape index (κ2) is 9.14. The first-order valence-corrected chi connectivity index (χ1v) is 0.996. The van der Waals surface area contributed by atoms with E-state index in [1.807, 2.05) is 0 Å². The molecule has 0 atom stereocenters. The van der Waals surface area contributed by atoms with E-state index in [0.29, 0.717) is 0 Å². The zero-order valence-electron chi connectivity index (χ0n) is 2.62. The summed E-state index contributed by atoms with van der Waals surface area (Å²) in [5.74, 6) is 0. The van der Waals surface area contributed by atoms with Crippen LogP contribution < -0.4 is 0 Å². The molecule has 0 aromatic rings. The van der Waals surface area contributed by atoms with Crippen LogP contribution in [0.2, 0.25) is 0 Å². The standard InChI is InChI=1S/C2H5O.Zr/c1-2-3;/h2H2,1H3;. The summed E-state index contributed by atoms with van der Waals surface area (Å²) in [5, 5.41) is 8.93. The van der Waals surface area contributed by atoms with E-state index in [9.17, 15) is 0 Å². The Labute approximate surface area is 45.1 Å². The Morgan fingerprint density at radius 3 is 1.75 bits per heavy atom. The van der Waals surface area contributed by atoms with Gasteiger partial charge in [-0.05, 0) is 6.92 Å². The van der Waals surface area contributed by atoms with Gasteiger partial charge >= 0.3 is 0 Å². The zero-order valence-corrected chi connectivity index (χ0v) is 5.07. The molecular weight excluding hydrogens is 131 g/mol. The van der Waals surface area contributed by atoms with Crippen molar-refractivity contribution in [2.45, 2.75) is 6.92 Å². The van der Waals surface area contributed by atoms with Gasteiger partial charge in [-0.1, -0.05) is 0 Å². The van der Waals surface area contributed by atoms with E-state index in [4.69, 9.17) is 5.11 Å². The molecule has 1 nitrogen and oxygen atoms in total. The molecule has 0 spiro atoms. The van der Waals surface area contributed by atoms with Gasteiger partial charge in [0.05, 0.1) is 6.61 Å². The fourth-order valence-electron chi connectivity index (χ4n) is 0. The second-order valence-electron chi connectivity index (χ2n) is 0.289. The molecule has 0 unspecified atom stereocenters. The fraction of sp³-hybridized carbons (Fsp3) is 1.00. The van der Waals surface area contributed by atoms with Crippen molar-refractivity contribution in [3.8, 4) is 0 Å². The van der Waals surface area contributed by atoms with Crippen LogP contribution in [0.1, 0.15) is 6.92 Å². The number of rotatable bonds is 0. The molecule has 0 aromatic carbocycles. The molecule has 0 saturated heterocycles. The Morgan fingerprint density at radius 2 is 1.75 bits per heavy atom. The van der Waals surface area contributed by atoms with Crippen molar-refractivity contribution < 1.29 is 31.3 Å². The number of hydrogen-bond acceptors (Lipinski definition) is 0. The predicted molar refractivity (Wildman–Crippen MR) is 11.2 cm³/mol. The van der Waals surface area contributed by atoms with Crippen LogP contribution in [0.15, 0.2) is 0 Å². The molecular formula is C2H5OZr. The van der Waals surface area contributed by atoms with Crippen LogP contribution in [0.3, 0.4) is 0 Å². The summed E-state index contributed by atoms with van der Waals surface area (Å²) in [4.78, 5) is 0. The van der Waals surface area contributed by atoms with Crippen molar-refractivity contribution in [3.63, 3.8) is 0 Å². The van der Waals surface area contributed by atoms with E-state index in [0.717, 1.165) is 0 Å². The Morgan fingerprint density at radius 1 is 1.75 bits per heavy atom. The molecule has 0 aromatic heterocycles. The molecule has 0 bridgehead atoms. The first-order chi connectivity index (χ1) is 1.41. The minimum Gasteiger partial charge on any atom is -0.237 e. The molecule has 4 heavy (non-hydrogen) atoms. The van der Waals surface area contributed by atoms with Gasteiger partial charge in [0.25, 0.3) is 0 Å². The second-order valence-corrected chi connectivity index (χ2v) is 0.289. The van der Waals surface area contributed by atoms with Crippen molar-refractivity contribution in [1.82, 2.24) is 0 Å². The Hall–Kier alpha value is 0.843. The molecule has 0 fully saturated rings. The molecule has 0 heterocycles. The summed E-state index contributed by atoms with van der Waals surface area (Å²) < 4.78 is 0. The van der Waals surface area contributed by atoms with Crippen LogP contribution in [0, 0.1) is 0 Å². The van der Waals surface area contributed by atoms with Crippen LogP contribution >= 0.6 is 0 Å². The average molecular weight is 136 g/mol. The minimum atomic E-state index is 0. The Balaban J connectivity index is 0. The molecule has 23 valence electrons. The van der Waals surface area contributed by atoms with Crippen molar-refractivity contribution >= 4 is 0 Å². The molecule has 0 N–H and O–H groups in total. The summed E-state index contributed by atoms with van der Waals surface area (Å²) in [7, 11) is 0. The van der Waals surface area contributed by atoms with Gasteiger partial charge in [-0.15, -0.1) is 0 Å². The largest absolute Gasteiger partial charge is 0.237 e. The van der Waals surface area contributed by atoms with E-state index in [2.05, 4.69) is 0 Å². The van der Waals surface area contributed by atoms with Crippen molar-refractivity contribution in [2.75, 3.05) is 6.61 Å². The van der Waals surface area contributed by atoms with Crippen molar-refractivity contribution in [2.24, 2.45) is 0 Å². The summed E-state index contributed by atoms with van der Waals surface area (Å²) >= 11 is 0. The molecule has 0 aliphatic heterocycles. The fourth-order valence-corrected chi connectivity index (χ4v) is 0. The Bertz CT molecular complexity index is 6.00.